The molecule has 1 aromatic heterocycles. The number of aromatic hydroxyl groups is 1. The van der Waals surface area contributed by atoms with Crippen LogP contribution in [0.15, 0.2) is 36.4 Å². The van der Waals surface area contributed by atoms with Crippen molar-refractivity contribution in [1.82, 2.24) is 4.98 Å². The largest absolute Gasteiger partial charge is 0.504 e. The molecule has 2 aromatic carbocycles. The van der Waals surface area contributed by atoms with Gasteiger partial charge in [-0.3, -0.25) is 4.79 Å². The van der Waals surface area contributed by atoms with Crippen LogP contribution < -0.4 is 14.8 Å². The number of pyridine rings is 1. The Morgan fingerprint density at radius 2 is 1.87 bits per heavy atom. The van der Waals surface area contributed by atoms with Gasteiger partial charge in [0.15, 0.2) is 17.2 Å². The Morgan fingerprint density at radius 1 is 1.10 bits per heavy atom. The number of fused-ring (bicyclic) bond motifs is 1. The number of anilines is 1. The highest BCUT2D eigenvalue weighted by Gasteiger charge is 2.20. The number of carbonyl (C=O) groups is 1. The first kappa shape index (κ1) is 20.6. The van der Waals surface area contributed by atoms with Gasteiger partial charge in [0.1, 0.15) is 11.2 Å². The van der Waals surface area contributed by atoms with Crippen molar-refractivity contribution < 1.29 is 19.4 Å². The van der Waals surface area contributed by atoms with Gasteiger partial charge in [0.05, 0.1) is 23.3 Å². The third-order valence-electron chi connectivity index (χ3n) is 5.11. The van der Waals surface area contributed by atoms with Crippen molar-refractivity contribution in [1.29, 1.82) is 0 Å². The fourth-order valence-corrected chi connectivity index (χ4v) is 4.07. The smallest absolute Gasteiger partial charge is 0.274 e. The summed E-state index contributed by atoms with van der Waals surface area (Å²) < 4.78 is 11.5. The molecule has 0 atom stereocenters. The molecule has 0 aliphatic heterocycles. The van der Waals surface area contributed by atoms with E-state index in [0.717, 1.165) is 25.7 Å². The summed E-state index contributed by atoms with van der Waals surface area (Å²) in [4.78, 5) is 17.0. The van der Waals surface area contributed by atoms with E-state index in [1.807, 2.05) is 0 Å². The van der Waals surface area contributed by atoms with Crippen molar-refractivity contribution in [2.75, 3.05) is 12.4 Å². The highest BCUT2D eigenvalue weighted by molar-refractivity contribution is 6.39. The van der Waals surface area contributed by atoms with Crippen LogP contribution in [0.1, 0.15) is 36.2 Å². The maximum atomic E-state index is 12.8. The van der Waals surface area contributed by atoms with E-state index >= 15 is 0 Å². The zero-order chi connectivity index (χ0) is 21.3. The molecule has 1 aliphatic carbocycles. The van der Waals surface area contributed by atoms with Crippen molar-refractivity contribution in [3.63, 3.8) is 0 Å². The predicted octanol–water partition coefficient (Wildman–Crippen LogP) is 5.83. The van der Waals surface area contributed by atoms with E-state index in [-0.39, 0.29) is 28.1 Å². The molecule has 0 spiro atoms. The van der Waals surface area contributed by atoms with Gasteiger partial charge in [-0.05, 0) is 56.0 Å². The monoisotopic (exact) mass is 446 g/mol. The van der Waals surface area contributed by atoms with Gasteiger partial charge in [-0.1, -0.05) is 23.2 Å². The van der Waals surface area contributed by atoms with Gasteiger partial charge in [0.2, 0.25) is 0 Å². The molecule has 1 amide bonds. The number of ether oxygens (including phenoxy) is 2. The van der Waals surface area contributed by atoms with Gasteiger partial charge in [-0.15, -0.1) is 0 Å². The molecular weight excluding hydrogens is 427 g/mol. The molecule has 0 radical (unpaired) electrons. The van der Waals surface area contributed by atoms with Crippen molar-refractivity contribution in [3.8, 4) is 17.2 Å². The van der Waals surface area contributed by atoms with Crippen LogP contribution in [0.4, 0.5) is 5.69 Å². The van der Waals surface area contributed by atoms with Crippen molar-refractivity contribution in [3.05, 3.63) is 52.1 Å². The average Bonchev–Trinajstić information content (AvgIpc) is 3.25. The lowest BCUT2D eigenvalue weighted by Crippen LogP contribution is -2.15. The van der Waals surface area contributed by atoms with Gasteiger partial charge in [0.25, 0.3) is 5.91 Å². The summed E-state index contributed by atoms with van der Waals surface area (Å²) in [5.41, 5.74) is 0.828. The van der Waals surface area contributed by atoms with E-state index in [9.17, 15) is 9.90 Å². The number of hydrogen-bond acceptors (Lipinski definition) is 5. The second kappa shape index (κ2) is 8.58. The molecule has 30 heavy (non-hydrogen) atoms. The molecule has 0 saturated heterocycles. The Morgan fingerprint density at radius 3 is 2.60 bits per heavy atom. The van der Waals surface area contributed by atoms with Crippen LogP contribution in [-0.2, 0) is 0 Å². The number of carbonyl (C=O) groups excluding carboxylic acids is 1. The lowest BCUT2D eigenvalue weighted by Gasteiger charge is -2.17. The molecule has 6 nitrogen and oxygen atoms in total. The molecular formula is C22H20Cl2N2O4. The summed E-state index contributed by atoms with van der Waals surface area (Å²) in [7, 11) is 1.58. The minimum atomic E-state index is -0.440. The van der Waals surface area contributed by atoms with Crippen molar-refractivity contribution >= 4 is 45.7 Å². The van der Waals surface area contributed by atoms with Crippen molar-refractivity contribution in [2.45, 2.75) is 31.8 Å². The first-order valence-electron chi connectivity index (χ1n) is 9.60. The number of amides is 1. The second-order valence-corrected chi connectivity index (χ2v) is 7.94. The molecule has 3 aromatic rings. The summed E-state index contributed by atoms with van der Waals surface area (Å²) >= 11 is 12.1. The first-order valence-corrected chi connectivity index (χ1v) is 10.4. The second-order valence-electron chi connectivity index (χ2n) is 7.13. The number of rotatable bonds is 5. The number of halogens is 2. The Balaban J connectivity index is 1.59. The molecule has 1 heterocycles. The average molecular weight is 447 g/mol. The van der Waals surface area contributed by atoms with E-state index in [4.69, 9.17) is 32.7 Å². The van der Waals surface area contributed by atoms with E-state index in [0.29, 0.717) is 27.6 Å². The zero-order valence-corrected chi connectivity index (χ0v) is 17.8. The Hall–Kier alpha value is -2.70. The van der Waals surface area contributed by atoms with Crippen LogP contribution in [0.2, 0.25) is 10.0 Å². The van der Waals surface area contributed by atoms with Gasteiger partial charge in [-0.25, -0.2) is 4.98 Å². The molecule has 4 rings (SSSR count). The fraction of sp³-hybridized carbons (Fsp3) is 0.273. The Bertz CT molecular complexity index is 1110. The van der Waals surface area contributed by atoms with Crippen LogP contribution >= 0.6 is 23.2 Å². The quantitative estimate of drug-likeness (QED) is 0.515. The van der Waals surface area contributed by atoms with Crippen molar-refractivity contribution in [2.24, 2.45) is 0 Å². The molecule has 0 bridgehead atoms. The number of phenols is 1. The van der Waals surface area contributed by atoms with Gasteiger partial charge in [-0.2, -0.15) is 0 Å². The molecule has 156 valence electrons. The van der Waals surface area contributed by atoms with E-state index < -0.39 is 5.91 Å². The number of aromatic nitrogens is 1. The first-order chi connectivity index (χ1) is 14.5. The molecule has 1 aliphatic rings. The number of benzene rings is 2. The Labute approximate surface area is 183 Å². The number of hydrogen-bond donors (Lipinski definition) is 2. The topological polar surface area (TPSA) is 80.7 Å². The lowest BCUT2D eigenvalue weighted by atomic mass is 10.1. The molecule has 1 fully saturated rings. The van der Waals surface area contributed by atoms with E-state index in [1.54, 1.807) is 31.4 Å². The Kier molecular flexibility index (Phi) is 5.88. The standard InChI is InChI=1S/C22H20Cl2N2O4/c1-29-18-9-6-12(10-19(18)30-13-4-2-3-5-13)25-22(28)17-8-7-14-15(23)11-16(24)21(27)20(14)26-17/h6-11,13,27H,2-5H2,1H3,(H,25,28). The van der Waals surface area contributed by atoms with E-state index in [2.05, 4.69) is 10.3 Å². The molecule has 1 saturated carbocycles. The highest BCUT2D eigenvalue weighted by Crippen LogP contribution is 2.37. The number of phenolic OH excluding ortho intramolecular Hbond substituents is 1. The summed E-state index contributed by atoms with van der Waals surface area (Å²) in [5, 5.41) is 13.9. The van der Waals surface area contributed by atoms with Crippen LogP contribution in [0, 0.1) is 0 Å². The maximum Gasteiger partial charge on any atom is 0.274 e. The van der Waals surface area contributed by atoms with Crippen LogP contribution in [0.3, 0.4) is 0 Å². The zero-order valence-electron chi connectivity index (χ0n) is 16.2. The normalized spacial score (nSPS) is 14.1. The van der Waals surface area contributed by atoms with E-state index in [1.165, 1.54) is 12.1 Å². The minimum absolute atomic E-state index is 0.0708. The fourth-order valence-electron chi connectivity index (χ4n) is 3.56. The minimum Gasteiger partial charge on any atom is -0.504 e. The van der Waals surface area contributed by atoms with Crippen LogP contribution in [-0.4, -0.2) is 29.2 Å². The van der Waals surface area contributed by atoms with Gasteiger partial charge >= 0.3 is 0 Å². The third-order valence-corrected chi connectivity index (χ3v) is 5.71. The summed E-state index contributed by atoms with van der Waals surface area (Å²) in [6, 6.07) is 9.81. The van der Waals surface area contributed by atoms with Gasteiger partial charge in [0, 0.05) is 17.1 Å². The predicted molar refractivity (Wildman–Crippen MR) is 117 cm³/mol. The summed E-state index contributed by atoms with van der Waals surface area (Å²) in [6.45, 7) is 0. The van der Waals surface area contributed by atoms with Crippen LogP contribution in [0.25, 0.3) is 10.9 Å². The summed E-state index contributed by atoms with van der Waals surface area (Å²) in [5.74, 6) is 0.537. The number of nitrogens with zero attached hydrogens (tertiary/aromatic N) is 1. The number of methoxy groups -OCH3 is 1. The molecule has 2 N–H and O–H groups in total. The van der Waals surface area contributed by atoms with Gasteiger partial charge < -0.3 is 19.9 Å². The number of nitrogens with one attached hydrogen (secondary N) is 1. The maximum absolute atomic E-state index is 12.8. The van der Waals surface area contributed by atoms with Crippen LogP contribution in [0.5, 0.6) is 17.2 Å². The highest BCUT2D eigenvalue weighted by atomic mass is 35.5. The lowest BCUT2D eigenvalue weighted by molar-refractivity contribution is 0.102. The third kappa shape index (κ3) is 4.11. The molecule has 0 unspecified atom stereocenters. The molecule has 8 heteroatoms. The summed E-state index contributed by atoms with van der Waals surface area (Å²) in [6.07, 6.45) is 4.48. The SMILES string of the molecule is COc1ccc(NC(=O)c2ccc3c(Cl)cc(Cl)c(O)c3n2)cc1OC1CCCC1.